The third kappa shape index (κ3) is 4.93. The molecule has 8 rings (SSSR count). The van der Waals surface area contributed by atoms with Crippen LogP contribution in [0.15, 0.2) is 81.0 Å². The highest BCUT2D eigenvalue weighted by Gasteiger charge is 2.69. The fourth-order valence-electron chi connectivity index (χ4n) is 7.98. The molecule has 7 atom stereocenters. The number of carbonyl (C=O) groups excluding carboxylic acids is 3. The van der Waals surface area contributed by atoms with E-state index < -0.39 is 11.8 Å². The molecular formula is C33H24BrCl2N3O5S2. The van der Waals surface area contributed by atoms with Crippen LogP contribution in [0.3, 0.4) is 0 Å². The normalized spacial score (nSPS) is 27.4. The maximum atomic E-state index is 14.0. The van der Waals surface area contributed by atoms with Gasteiger partial charge in [-0.3, -0.25) is 24.1 Å². The standard InChI is InChI=1S/C33H24BrCl2N3O5S2/c34-14-1-10-22(44-13-23(40)37-17-6-2-15(35)3-7-17)19(11-14)24-25-20-12-21(28(25)45-30-29(24)46-33(43)38-30)27-26(20)31(41)39(32(27)42)18-8-4-16(36)5-9-18/h1-11,20-21,24-28H,12-13H2,(H,37,40)(H,38,43)/t20-,21-,24-,25?,26?,27?,28?/m1/s1. The van der Waals surface area contributed by atoms with E-state index in [-0.39, 0.29) is 58.1 Å². The molecule has 2 aliphatic heterocycles. The van der Waals surface area contributed by atoms with Gasteiger partial charge in [-0.1, -0.05) is 50.5 Å². The van der Waals surface area contributed by atoms with Crippen LogP contribution >= 0.6 is 62.2 Å². The first-order valence-corrected chi connectivity index (χ1v) is 17.9. The molecule has 2 aliphatic carbocycles. The number of halogens is 3. The molecule has 1 saturated heterocycles. The number of amides is 3. The number of aromatic nitrogens is 1. The lowest BCUT2D eigenvalue weighted by Gasteiger charge is -2.43. The summed E-state index contributed by atoms with van der Waals surface area (Å²) in [4.78, 5) is 58.6. The predicted octanol–water partition coefficient (Wildman–Crippen LogP) is 7.20. The number of fused-ring (bicyclic) bond motifs is 9. The number of benzene rings is 3. The van der Waals surface area contributed by atoms with E-state index in [9.17, 15) is 19.2 Å². The molecule has 46 heavy (non-hydrogen) atoms. The summed E-state index contributed by atoms with van der Waals surface area (Å²) in [5, 5.41) is 4.72. The molecule has 234 valence electrons. The van der Waals surface area contributed by atoms with E-state index in [2.05, 4.69) is 26.2 Å². The third-order valence-corrected chi connectivity index (χ3v) is 13.2. The first-order chi connectivity index (χ1) is 22.2. The maximum Gasteiger partial charge on any atom is 0.305 e. The van der Waals surface area contributed by atoms with E-state index in [1.165, 1.54) is 16.2 Å². The summed E-state index contributed by atoms with van der Waals surface area (Å²) < 4.78 is 6.99. The van der Waals surface area contributed by atoms with E-state index in [1.54, 1.807) is 60.3 Å². The Morgan fingerprint density at radius 1 is 0.957 bits per heavy atom. The summed E-state index contributed by atoms with van der Waals surface area (Å²) in [5.41, 5.74) is 1.96. The quantitative estimate of drug-likeness (QED) is 0.202. The molecule has 3 amide bonds. The van der Waals surface area contributed by atoms with Gasteiger partial charge in [0.1, 0.15) is 5.75 Å². The van der Waals surface area contributed by atoms with Crippen LogP contribution < -0.4 is 19.8 Å². The Morgan fingerprint density at radius 3 is 2.35 bits per heavy atom. The van der Waals surface area contributed by atoms with Crippen molar-refractivity contribution in [2.75, 3.05) is 16.8 Å². The van der Waals surface area contributed by atoms with Crippen molar-refractivity contribution in [3.63, 3.8) is 0 Å². The van der Waals surface area contributed by atoms with Crippen LogP contribution in [-0.2, 0) is 14.4 Å². The minimum atomic E-state index is -0.448. The minimum Gasteiger partial charge on any atom is -0.483 e. The van der Waals surface area contributed by atoms with Crippen molar-refractivity contribution >= 4 is 91.3 Å². The number of hydrogen-bond donors (Lipinski definition) is 2. The number of carbonyl (C=O) groups is 3. The monoisotopic (exact) mass is 755 g/mol. The van der Waals surface area contributed by atoms with Gasteiger partial charge >= 0.3 is 4.87 Å². The molecule has 4 aliphatic rings. The Labute approximate surface area is 289 Å². The zero-order chi connectivity index (χ0) is 31.9. The minimum absolute atomic E-state index is 0.0101. The molecule has 2 bridgehead atoms. The summed E-state index contributed by atoms with van der Waals surface area (Å²) in [6.45, 7) is -0.233. The molecule has 2 saturated carbocycles. The molecule has 4 aromatic rings. The van der Waals surface area contributed by atoms with Crippen LogP contribution in [0.2, 0.25) is 10.0 Å². The van der Waals surface area contributed by atoms with Crippen molar-refractivity contribution < 1.29 is 19.1 Å². The van der Waals surface area contributed by atoms with Crippen LogP contribution in [0.4, 0.5) is 11.4 Å². The smallest absolute Gasteiger partial charge is 0.305 e. The van der Waals surface area contributed by atoms with Gasteiger partial charge in [-0.15, -0.1) is 11.8 Å². The third-order valence-electron chi connectivity index (χ3n) is 9.60. The van der Waals surface area contributed by atoms with E-state index in [1.807, 2.05) is 18.2 Å². The molecule has 4 unspecified atom stereocenters. The molecule has 8 nitrogen and oxygen atoms in total. The molecule has 0 radical (unpaired) electrons. The van der Waals surface area contributed by atoms with E-state index in [4.69, 9.17) is 27.9 Å². The van der Waals surface area contributed by atoms with E-state index >= 15 is 0 Å². The summed E-state index contributed by atoms with van der Waals surface area (Å²) in [6.07, 6.45) is 0.757. The highest BCUT2D eigenvalue weighted by Crippen LogP contribution is 2.69. The fraction of sp³-hybridized carbons (Fsp3) is 0.273. The first kappa shape index (κ1) is 30.3. The first-order valence-electron chi connectivity index (χ1n) is 14.7. The van der Waals surface area contributed by atoms with Crippen molar-refractivity contribution in [2.24, 2.45) is 29.6 Å². The lowest BCUT2D eigenvalue weighted by atomic mass is 9.68. The van der Waals surface area contributed by atoms with Crippen LogP contribution in [-0.4, -0.2) is 34.6 Å². The average Bonchev–Trinajstić information content (AvgIpc) is 3.77. The Kier molecular flexibility index (Phi) is 7.60. The second-order valence-electron chi connectivity index (χ2n) is 12.0. The summed E-state index contributed by atoms with van der Waals surface area (Å²) in [6, 6.07) is 19.3. The summed E-state index contributed by atoms with van der Waals surface area (Å²) in [7, 11) is 0. The number of nitrogens with one attached hydrogen (secondary N) is 2. The molecule has 2 N–H and O–H groups in total. The largest absolute Gasteiger partial charge is 0.483 e. The second kappa shape index (κ2) is 11.6. The van der Waals surface area contributed by atoms with Gasteiger partial charge < -0.3 is 15.0 Å². The SMILES string of the molecule is O=C(COc1ccc(Br)cc1[C@H]1c2sc(=O)[nH]c2SC2C1[C@H]1C[C@@H]2C2C(=O)N(c3ccc(Cl)cc3)C(=O)C21)Nc1ccc(Cl)cc1. The molecule has 3 aromatic carbocycles. The second-order valence-corrected chi connectivity index (χ2v) is 16.0. The zero-order valence-electron chi connectivity index (χ0n) is 23.7. The van der Waals surface area contributed by atoms with Gasteiger partial charge in [0.05, 0.1) is 22.5 Å². The number of anilines is 2. The number of aromatic amines is 1. The van der Waals surface area contributed by atoms with Crippen LogP contribution in [0.25, 0.3) is 0 Å². The molecule has 1 aromatic heterocycles. The number of ether oxygens (including phenoxy) is 1. The number of H-pyrrole nitrogens is 1. The van der Waals surface area contributed by atoms with E-state index in [0.29, 0.717) is 27.2 Å². The van der Waals surface area contributed by atoms with Gasteiger partial charge in [0.15, 0.2) is 6.61 Å². The van der Waals surface area contributed by atoms with Gasteiger partial charge in [-0.2, -0.15) is 0 Å². The number of hydrogen-bond acceptors (Lipinski definition) is 7. The Bertz CT molecular complexity index is 1970. The molecular weight excluding hydrogens is 733 g/mol. The summed E-state index contributed by atoms with van der Waals surface area (Å²) >= 11 is 18.5. The van der Waals surface area contributed by atoms with Gasteiger partial charge in [0, 0.05) is 41.8 Å². The lowest BCUT2D eigenvalue weighted by Crippen LogP contribution is -2.42. The van der Waals surface area contributed by atoms with Gasteiger partial charge in [-0.05, 0) is 90.9 Å². The van der Waals surface area contributed by atoms with E-state index in [0.717, 1.165) is 26.4 Å². The van der Waals surface area contributed by atoms with Crippen molar-refractivity contribution in [1.82, 2.24) is 4.98 Å². The van der Waals surface area contributed by atoms with Gasteiger partial charge in [-0.25, -0.2) is 0 Å². The fourth-order valence-corrected chi connectivity index (χ4v) is 11.5. The Hall–Kier alpha value is -3.09. The lowest BCUT2D eigenvalue weighted by molar-refractivity contribution is -0.123. The number of nitrogens with zero attached hydrogens (tertiary/aromatic N) is 1. The average molecular weight is 758 g/mol. The number of thiazole rings is 1. The molecule has 0 spiro atoms. The van der Waals surface area contributed by atoms with Crippen LogP contribution in [0.5, 0.6) is 5.75 Å². The number of thioether (sulfide) groups is 1. The zero-order valence-corrected chi connectivity index (χ0v) is 28.5. The Morgan fingerprint density at radius 2 is 1.63 bits per heavy atom. The topological polar surface area (TPSA) is 109 Å². The van der Waals surface area contributed by atoms with Gasteiger partial charge in [0.25, 0.3) is 5.91 Å². The van der Waals surface area contributed by atoms with Crippen molar-refractivity contribution in [2.45, 2.75) is 22.6 Å². The highest BCUT2D eigenvalue weighted by atomic mass is 79.9. The van der Waals surface area contributed by atoms with Crippen molar-refractivity contribution in [3.8, 4) is 5.75 Å². The number of imide groups is 1. The van der Waals surface area contributed by atoms with Crippen molar-refractivity contribution in [1.29, 1.82) is 0 Å². The molecule has 13 heteroatoms. The maximum absolute atomic E-state index is 14.0. The Balaban J connectivity index is 1.14. The van der Waals surface area contributed by atoms with Crippen molar-refractivity contribution in [3.05, 3.63) is 101 Å². The van der Waals surface area contributed by atoms with Crippen LogP contribution in [0.1, 0.15) is 22.8 Å². The molecule has 3 fully saturated rings. The number of rotatable bonds is 6. The highest BCUT2D eigenvalue weighted by molar-refractivity contribution is 9.10. The van der Waals surface area contributed by atoms with Gasteiger partial charge in [0.2, 0.25) is 11.8 Å². The predicted molar refractivity (Wildman–Crippen MR) is 182 cm³/mol. The molecule has 3 heterocycles. The summed E-state index contributed by atoms with van der Waals surface area (Å²) in [5.74, 6) is -1.42. The van der Waals surface area contributed by atoms with Crippen LogP contribution in [0, 0.1) is 29.6 Å².